The minimum absolute atomic E-state index is 0.0245. The second-order valence-corrected chi connectivity index (χ2v) is 4.47. The van der Waals surface area contributed by atoms with Crippen molar-refractivity contribution in [2.75, 3.05) is 0 Å². The first kappa shape index (κ1) is 11.4. The molecule has 0 bridgehead atoms. The van der Waals surface area contributed by atoms with E-state index in [1.54, 1.807) is 0 Å². The van der Waals surface area contributed by atoms with Crippen molar-refractivity contribution in [3.05, 3.63) is 36.4 Å². The summed E-state index contributed by atoms with van der Waals surface area (Å²) in [4.78, 5) is 10.7. The summed E-state index contributed by atoms with van der Waals surface area (Å²) >= 11 is 0. The van der Waals surface area contributed by atoms with Gasteiger partial charge in [-0.05, 0) is 17.7 Å². The number of nitrogens with two attached hydrogens (primary N) is 2. The minimum atomic E-state index is -3.71. The van der Waals surface area contributed by atoms with E-state index in [0.29, 0.717) is 5.56 Å². The number of primary amides is 1. The Bertz CT molecular complexity index is 503. The Morgan fingerprint density at radius 2 is 1.67 bits per heavy atom. The molecular weight excluding hydrogens is 216 g/mol. The maximum Gasteiger partial charge on any atom is 0.248 e. The SMILES string of the molecule is C=C(C(N)=O)c1ccc(S(N)(=O)=O)cc1. The number of rotatable bonds is 3. The number of hydrogen-bond acceptors (Lipinski definition) is 3. The fourth-order valence-corrected chi connectivity index (χ4v) is 1.50. The van der Waals surface area contributed by atoms with Crippen LogP contribution in [0.5, 0.6) is 0 Å². The van der Waals surface area contributed by atoms with Crippen molar-refractivity contribution in [1.29, 1.82) is 0 Å². The largest absolute Gasteiger partial charge is 0.366 e. The van der Waals surface area contributed by atoms with Crippen LogP contribution in [-0.2, 0) is 14.8 Å². The van der Waals surface area contributed by atoms with Gasteiger partial charge in [0.05, 0.1) is 4.90 Å². The molecule has 1 aromatic carbocycles. The van der Waals surface area contributed by atoms with Gasteiger partial charge in [-0.1, -0.05) is 18.7 Å². The van der Waals surface area contributed by atoms with E-state index in [4.69, 9.17) is 10.9 Å². The molecular formula is C9H10N2O3S. The van der Waals surface area contributed by atoms with E-state index in [2.05, 4.69) is 6.58 Å². The van der Waals surface area contributed by atoms with E-state index in [1.165, 1.54) is 24.3 Å². The van der Waals surface area contributed by atoms with Gasteiger partial charge in [0.25, 0.3) is 0 Å². The van der Waals surface area contributed by atoms with Gasteiger partial charge in [-0.3, -0.25) is 4.79 Å². The van der Waals surface area contributed by atoms with Gasteiger partial charge in [0.15, 0.2) is 0 Å². The van der Waals surface area contributed by atoms with Crippen LogP contribution in [0, 0.1) is 0 Å². The molecule has 0 aliphatic rings. The predicted molar refractivity (Wildman–Crippen MR) is 56.0 cm³/mol. The molecule has 0 saturated carbocycles. The summed E-state index contributed by atoms with van der Waals surface area (Å²) in [6, 6.07) is 5.43. The van der Waals surface area contributed by atoms with Crippen LogP contribution in [0.2, 0.25) is 0 Å². The number of carbonyl (C=O) groups is 1. The third kappa shape index (κ3) is 2.64. The molecule has 1 amide bonds. The molecule has 0 heterocycles. The van der Waals surface area contributed by atoms with Crippen molar-refractivity contribution < 1.29 is 13.2 Å². The fourth-order valence-electron chi connectivity index (χ4n) is 0.988. The Morgan fingerprint density at radius 1 is 1.20 bits per heavy atom. The Hall–Kier alpha value is -1.66. The van der Waals surface area contributed by atoms with Gasteiger partial charge < -0.3 is 5.73 Å². The molecule has 1 aromatic rings. The first-order chi connectivity index (χ1) is 6.82. The van der Waals surface area contributed by atoms with Gasteiger partial charge in [-0.25, -0.2) is 13.6 Å². The molecule has 80 valence electrons. The Balaban J connectivity index is 3.12. The van der Waals surface area contributed by atoms with Gasteiger partial charge in [0, 0.05) is 5.57 Å². The molecule has 15 heavy (non-hydrogen) atoms. The Labute approximate surface area is 87.4 Å². The van der Waals surface area contributed by atoms with Crippen molar-refractivity contribution in [2.24, 2.45) is 10.9 Å². The van der Waals surface area contributed by atoms with Crippen molar-refractivity contribution in [3.8, 4) is 0 Å². The van der Waals surface area contributed by atoms with Crippen LogP contribution in [0.4, 0.5) is 0 Å². The van der Waals surface area contributed by atoms with E-state index in [0.717, 1.165) is 0 Å². The summed E-state index contributed by atoms with van der Waals surface area (Å²) in [6.07, 6.45) is 0. The van der Waals surface area contributed by atoms with Crippen molar-refractivity contribution in [3.63, 3.8) is 0 Å². The number of amides is 1. The molecule has 5 nitrogen and oxygen atoms in total. The second kappa shape index (κ2) is 3.84. The van der Waals surface area contributed by atoms with Gasteiger partial charge in [0.2, 0.25) is 15.9 Å². The highest BCUT2D eigenvalue weighted by Crippen LogP contribution is 2.14. The average Bonchev–Trinajstić information content (AvgIpc) is 2.15. The third-order valence-electron chi connectivity index (χ3n) is 1.83. The van der Waals surface area contributed by atoms with Crippen LogP contribution in [-0.4, -0.2) is 14.3 Å². The number of sulfonamides is 1. The zero-order valence-corrected chi connectivity index (χ0v) is 8.62. The molecule has 0 fully saturated rings. The van der Waals surface area contributed by atoms with Crippen molar-refractivity contribution >= 4 is 21.5 Å². The first-order valence-electron chi connectivity index (χ1n) is 3.94. The lowest BCUT2D eigenvalue weighted by Crippen LogP contribution is -2.13. The van der Waals surface area contributed by atoms with Gasteiger partial charge in [0.1, 0.15) is 0 Å². The van der Waals surface area contributed by atoms with Crippen LogP contribution in [0.1, 0.15) is 5.56 Å². The molecule has 0 aliphatic heterocycles. The Kier molecular flexibility index (Phi) is 2.92. The van der Waals surface area contributed by atoms with E-state index in [9.17, 15) is 13.2 Å². The molecule has 0 unspecified atom stereocenters. The highest BCUT2D eigenvalue weighted by atomic mass is 32.2. The minimum Gasteiger partial charge on any atom is -0.366 e. The molecule has 0 radical (unpaired) electrons. The van der Waals surface area contributed by atoms with Crippen LogP contribution in [0.25, 0.3) is 5.57 Å². The maximum atomic E-state index is 10.9. The van der Waals surface area contributed by atoms with E-state index < -0.39 is 15.9 Å². The van der Waals surface area contributed by atoms with Crippen LogP contribution >= 0.6 is 0 Å². The topological polar surface area (TPSA) is 103 Å². The molecule has 6 heteroatoms. The lowest BCUT2D eigenvalue weighted by Gasteiger charge is -2.02. The Morgan fingerprint density at radius 3 is 2.00 bits per heavy atom. The lowest BCUT2D eigenvalue weighted by atomic mass is 10.1. The highest BCUT2D eigenvalue weighted by Gasteiger charge is 2.09. The number of benzene rings is 1. The third-order valence-corrected chi connectivity index (χ3v) is 2.76. The molecule has 0 aromatic heterocycles. The fraction of sp³-hybridized carbons (Fsp3) is 0. The molecule has 4 N–H and O–H groups in total. The van der Waals surface area contributed by atoms with Gasteiger partial charge >= 0.3 is 0 Å². The second-order valence-electron chi connectivity index (χ2n) is 2.91. The maximum absolute atomic E-state index is 10.9. The summed E-state index contributed by atoms with van der Waals surface area (Å²) in [6.45, 7) is 3.46. The van der Waals surface area contributed by atoms with Gasteiger partial charge in [-0.15, -0.1) is 0 Å². The smallest absolute Gasteiger partial charge is 0.248 e. The van der Waals surface area contributed by atoms with Crippen molar-refractivity contribution in [1.82, 2.24) is 0 Å². The summed E-state index contributed by atoms with van der Waals surface area (Å²) in [7, 11) is -3.71. The zero-order valence-electron chi connectivity index (χ0n) is 7.80. The van der Waals surface area contributed by atoms with Crippen LogP contribution < -0.4 is 10.9 Å². The molecule has 0 atom stereocenters. The predicted octanol–water partition coefficient (Wildman–Crippen LogP) is -0.167. The zero-order chi connectivity index (χ0) is 11.6. The van der Waals surface area contributed by atoms with Crippen molar-refractivity contribution in [2.45, 2.75) is 4.90 Å². The number of hydrogen-bond donors (Lipinski definition) is 2. The van der Waals surface area contributed by atoms with E-state index in [1.807, 2.05) is 0 Å². The molecule has 0 saturated heterocycles. The quantitative estimate of drug-likeness (QED) is 0.699. The standard InChI is InChI=1S/C9H10N2O3S/c1-6(9(10)12)7-2-4-8(5-3-7)15(11,13)14/h2-5H,1H2,(H2,10,12)(H2,11,13,14). The number of primary sulfonamides is 1. The first-order valence-corrected chi connectivity index (χ1v) is 5.49. The number of carbonyl (C=O) groups excluding carboxylic acids is 1. The van der Waals surface area contributed by atoms with Crippen LogP contribution in [0.3, 0.4) is 0 Å². The molecule has 1 rings (SSSR count). The normalized spacial score (nSPS) is 11.0. The summed E-state index contributed by atoms with van der Waals surface area (Å²) in [5.74, 6) is -0.654. The van der Waals surface area contributed by atoms with Gasteiger partial charge in [-0.2, -0.15) is 0 Å². The van der Waals surface area contributed by atoms with E-state index in [-0.39, 0.29) is 10.5 Å². The molecule has 0 aliphatic carbocycles. The summed E-state index contributed by atoms with van der Waals surface area (Å²) in [5.41, 5.74) is 5.60. The lowest BCUT2D eigenvalue weighted by molar-refractivity contribution is -0.112. The molecule has 0 spiro atoms. The van der Waals surface area contributed by atoms with Crippen LogP contribution in [0.15, 0.2) is 35.7 Å². The van der Waals surface area contributed by atoms with E-state index >= 15 is 0 Å². The monoisotopic (exact) mass is 226 g/mol. The average molecular weight is 226 g/mol. The summed E-state index contributed by atoms with van der Waals surface area (Å²) in [5, 5.41) is 4.90. The summed E-state index contributed by atoms with van der Waals surface area (Å²) < 4.78 is 21.8. The highest BCUT2D eigenvalue weighted by molar-refractivity contribution is 7.89.